The third kappa shape index (κ3) is 3.79. The summed E-state index contributed by atoms with van der Waals surface area (Å²) in [6, 6.07) is 3.10. The highest BCUT2D eigenvalue weighted by Crippen LogP contribution is 2.26. The molecule has 0 aromatic heterocycles. The first kappa shape index (κ1) is 15.1. The Balaban J connectivity index is 3.10. The van der Waals surface area contributed by atoms with Crippen molar-refractivity contribution in [3.8, 4) is 0 Å². The zero-order chi connectivity index (χ0) is 13.9. The molecule has 0 radical (unpaired) electrons. The number of nitrogens with one attached hydrogen (secondary N) is 1. The van der Waals surface area contributed by atoms with Crippen LogP contribution in [0.5, 0.6) is 0 Å². The summed E-state index contributed by atoms with van der Waals surface area (Å²) < 4.78 is 22.9. The SMILES string of the molecule is CSC(C)CNc1cc(N)cc(S(N)(=O)=O)c1C. The molecule has 5 N–H and O–H groups in total. The Labute approximate surface area is 112 Å². The van der Waals surface area contributed by atoms with E-state index in [-0.39, 0.29) is 4.90 Å². The van der Waals surface area contributed by atoms with E-state index in [4.69, 9.17) is 10.9 Å². The van der Waals surface area contributed by atoms with E-state index in [9.17, 15) is 8.42 Å². The summed E-state index contributed by atoms with van der Waals surface area (Å²) in [4.78, 5) is 0.0711. The average Bonchev–Trinajstić information content (AvgIpc) is 2.27. The normalized spacial score (nSPS) is 13.3. The van der Waals surface area contributed by atoms with Crippen LogP contribution in [0.2, 0.25) is 0 Å². The van der Waals surface area contributed by atoms with E-state index in [2.05, 4.69) is 12.2 Å². The van der Waals surface area contributed by atoms with Crippen molar-refractivity contribution >= 4 is 33.2 Å². The van der Waals surface area contributed by atoms with Crippen LogP contribution in [0.3, 0.4) is 0 Å². The molecule has 0 bridgehead atoms. The molecule has 1 atom stereocenters. The van der Waals surface area contributed by atoms with Gasteiger partial charge in [0.2, 0.25) is 10.0 Å². The summed E-state index contributed by atoms with van der Waals surface area (Å²) in [5.74, 6) is 0. The van der Waals surface area contributed by atoms with Gasteiger partial charge in [0.15, 0.2) is 0 Å². The molecule has 0 heterocycles. The summed E-state index contributed by atoms with van der Waals surface area (Å²) in [5, 5.41) is 8.78. The lowest BCUT2D eigenvalue weighted by Gasteiger charge is -2.16. The molecule has 1 rings (SSSR count). The van der Waals surface area contributed by atoms with Crippen molar-refractivity contribution in [2.75, 3.05) is 23.9 Å². The largest absolute Gasteiger partial charge is 0.399 e. The first-order valence-corrected chi connectivity index (χ1v) is 8.28. The number of benzene rings is 1. The Bertz CT molecular complexity index is 529. The zero-order valence-corrected chi connectivity index (χ0v) is 12.4. The van der Waals surface area contributed by atoms with Crippen molar-refractivity contribution in [2.45, 2.75) is 24.0 Å². The van der Waals surface area contributed by atoms with E-state index in [0.29, 0.717) is 22.2 Å². The summed E-state index contributed by atoms with van der Waals surface area (Å²) in [6.07, 6.45) is 2.02. The fourth-order valence-corrected chi connectivity index (χ4v) is 2.61. The fourth-order valence-electron chi connectivity index (χ4n) is 1.53. The van der Waals surface area contributed by atoms with Gasteiger partial charge in [-0.25, -0.2) is 13.6 Å². The standard InChI is InChI=1S/C11H19N3O2S2/c1-7(17-3)6-14-10-4-9(12)5-11(8(10)2)18(13,15)16/h4-5,7,14H,6,12H2,1-3H3,(H2,13,15,16). The minimum atomic E-state index is -3.75. The molecule has 0 saturated heterocycles. The first-order chi connectivity index (χ1) is 8.25. The van der Waals surface area contributed by atoms with Gasteiger partial charge in [-0.3, -0.25) is 0 Å². The lowest BCUT2D eigenvalue weighted by molar-refractivity contribution is 0.597. The van der Waals surface area contributed by atoms with Gasteiger partial charge in [0.05, 0.1) is 4.90 Å². The van der Waals surface area contributed by atoms with Crippen LogP contribution in [0.15, 0.2) is 17.0 Å². The second-order valence-corrected chi connectivity index (χ2v) is 6.97. The van der Waals surface area contributed by atoms with Gasteiger partial charge >= 0.3 is 0 Å². The molecule has 0 saturated carbocycles. The number of hydrogen-bond acceptors (Lipinski definition) is 5. The summed E-state index contributed by atoms with van der Waals surface area (Å²) in [6.45, 7) is 4.53. The Hall–Kier alpha value is -0.920. The van der Waals surface area contributed by atoms with Crippen LogP contribution in [-0.4, -0.2) is 26.5 Å². The Morgan fingerprint density at radius 3 is 2.56 bits per heavy atom. The number of nitrogen functional groups attached to an aromatic ring is 1. The van der Waals surface area contributed by atoms with Gasteiger partial charge in [0.25, 0.3) is 0 Å². The molecule has 0 spiro atoms. The van der Waals surface area contributed by atoms with Crippen LogP contribution in [0.25, 0.3) is 0 Å². The van der Waals surface area contributed by atoms with Gasteiger partial charge in [0, 0.05) is 23.2 Å². The molecule has 0 aliphatic rings. The smallest absolute Gasteiger partial charge is 0.238 e. The lowest BCUT2D eigenvalue weighted by Crippen LogP contribution is -2.17. The van der Waals surface area contributed by atoms with Gasteiger partial charge < -0.3 is 11.1 Å². The van der Waals surface area contributed by atoms with Crippen molar-refractivity contribution in [2.24, 2.45) is 5.14 Å². The number of anilines is 2. The molecular weight excluding hydrogens is 270 g/mol. The van der Waals surface area contributed by atoms with Crippen molar-refractivity contribution in [3.05, 3.63) is 17.7 Å². The number of sulfonamides is 1. The maximum atomic E-state index is 11.4. The highest BCUT2D eigenvalue weighted by atomic mass is 32.2. The van der Waals surface area contributed by atoms with E-state index < -0.39 is 10.0 Å². The minimum Gasteiger partial charge on any atom is -0.399 e. The van der Waals surface area contributed by atoms with E-state index >= 15 is 0 Å². The number of rotatable bonds is 5. The molecule has 1 unspecified atom stereocenters. The molecule has 1 aromatic carbocycles. The average molecular weight is 289 g/mol. The van der Waals surface area contributed by atoms with E-state index in [0.717, 1.165) is 6.54 Å². The summed E-state index contributed by atoms with van der Waals surface area (Å²) in [5.41, 5.74) is 7.38. The second-order valence-electron chi connectivity index (χ2n) is 4.16. The molecule has 0 fully saturated rings. The van der Waals surface area contributed by atoms with Gasteiger partial charge in [-0.05, 0) is 30.9 Å². The van der Waals surface area contributed by atoms with Crippen LogP contribution in [0, 0.1) is 6.92 Å². The van der Waals surface area contributed by atoms with Crippen LogP contribution in [0.4, 0.5) is 11.4 Å². The molecule has 0 aliphatic heterocycles. The highest BCUT2D eigenvalue weighted by Gasteiger charge is 2.15. The highest BCUT2D eigenvalue weighted by molar-refractivity contribution is 7.99. The monoisotopic (exact) mass is 289 g/mol. The Morgan fingerprint density at radius 2 is 2.06 bits per heavy atom. The van der Waals surface area contributed by atoms with Gasteiger partial charge in [-0.2, -0.15) is 11.8 Å². The van der Waals surface area contributed by atoms with Crippen LogP contribution >= 0.6 is 11.8 Å². The number of nitrogens with two attached hydrogens (primary N) is 2. The van der Waals surface area contributed by atoms with Crippen molar-refractivity contribution in [3.63, 3.8) is 0 Å². The quantitative estimate of drug-likeness (QED) is 0.711. The number of hydrogen-bond donors (Lipinski definition) is 3. The maximum Gasteiger partial charge on any atom is 0.238 e. The number of primary sulfonamides is 1. The van der Waals surface area contributed by atoms with Gasteiger partial charge in [-0.1, -0.05) is 6.92 Å². The summed E-state index contributed by atoms with van der Waals surface area (Å²) >= 11 is 1.73. The topological polar surface area (TPSA) is 98.2 Å². The molecule has 7 heteroatoms. The summed E-state index contributed by atoms with van der Waals surface area (Å²) in [7, 11) is -3.75. The molecule has 18 heavy (non-hydrogen) atoms. The number of thioether (sulfide) groups is 1. The van der Waals surface area contributed by atoms with E-state index in [1.807, 2.05) is 6.26 Å². The first-order valence-electron chi connectivity index (χ1n) is 5.45. The third-order valence-electron chi connectivity index (χ3n) is 2.67. The lowest BCUT2D eigenvalue weighted by atomic mass is 10.1. The molecule has 1 aromatic rings. The predicted octanol–water partition coefficient (Wildman–Crippen LogP) is 1.39. The molecular formula is C11H19N3O2S2. The van der Waals surface area contributed by atoms with Crippen molar-refractivity contribution in [1.82, 2.24) is 0 Å². The van der Waals surface area contributed by atoms with Crippen LogP contribution in [0.1, 0.15) is 12.5 Å². The van der Waals surface area contributed by atoms with E-state index in [1.54, 1.807) is 24.8 Å². The van der Waals surface area contributed by atoms with Crippen LogP contribution < -0.4 is 16.2 Å². The van der Waals surface area contributed by atoms with Crippen LogP contribution in [-0.2, 0) is 10.0 Å². The van der Waals surface area contributed by atoms with E-state index in [1.165, 1.54) is 6.07 Å². The van der Waals surface area contributed by atoms with Crippen molar-refractivity contribution in [1.29, 1.82) is 0 Å². The Morgan fingerprint density at radius 1 is 1.44 bits per heavy atom. The molecule has 5 nitrogen and oxygen atoms in total. The predicted molar refractivity (Wildman–Crippen MR) is 78.4 cm³/mol. The minimum absolute atomic E-state index is 0.0711. The molecule has 0 amide bonds. The van der Waals surface area contributed by atoms with Gasteiger partial charge in [0.1, 0.15) is 0 Å². The maximum absolute atomic E-state index is 11.4. The molecule has 102 valence electrons. The Kier molecular flexibility index (Phi) is 4.89. The fraction of sp³-hybridized carbons (Fsp3) is 0.455. The second kappa shape index (κ2) is 5.81. The van der Waals surface area contributed by atoms with Gasteiger partial charge in [-0.15, -0.1) is 0 Å². The third-order valence-corrected chi connectivity index (χ3v) is 4.68. The van der Waals surface area contributed by atoms with Crippen molar-refractivity contribution < 1.29 is 8.42 Å². The molecule has 0 aliphatic carbocycles. The zero-order valence-electron chi connectivity index (χ0n) is 10.7.